The van der Waals surface area contributed by atoms with Gasteiger partial charge in [0.1, 0.15) is 5.82 Å². The van der Waals surface area contributed by atoms with Crippen molar-refractivity contribution in [2.75, 3.05) is 0 Å². The maximum Gasteiger partial charge on any atom is 0.240 e. The number of sulfonamides is 1. The van der Waals surface area contributed by atoms with E-state index in [1.54, 1.807) is 24.3 Å². The molecular weight excluding hydrogens is 291 g/mol. The van der Waals surface area contributed by atoms with Crippen LogP contribution < -0.4 is 10.0 Å². The zero-order valence-electron chi connectivity index (χ0n) is 11.3. The highest BCUT2D eigenvalue weighted by Gasteiger charge is 2.18. The van der Waals surface area contributed by atoms with Crippen molar-refractivity contribution in [3.63, 3.8) is 0 Å². The molecule has 1 aliphatic rings. The summed E-state index contributed by atoms with van der Waals surface area (Å²) in [4.78, 5) is 0.237. The van der Waals surface area contributed by atoms with Crippen molar-refractivity contribution in [1.29, 1.82) is 0 Å². The Balaban J connectivity index is 1.78. The van der Waals surface area contributed by atoms with E-state index in [2.05, 4.69) is 10.0 Å². The number of benzene rings is 2. The molecular formula is C15H15FN2O2S. The molecule has 0 atom stereocenters. The molecule has 0 amide bonds. The van der Waals surface area contributed by atoms with Gasteiger partial charge in [0, 0.05) is 19.6 Å². The summed E-state index contributed by atoms with van der Waals surface area (Å²) < 4.78 is 40.1. The van der Waals surface area contributed by atoms with E-state index >= 15 is 0 Å². The highest BCUT2D eigenvalue weighted by molar-refractivity contribution is 7.89. The third-order valence-corrected chi connectivity index (χ3v) is 4.87. The van der Waals surface area contributed by atoms with Crippen LogP contribution in [0.25, 0.3) is 0 Å². The van der Waals surface area contributed by atoms with Gasteiger partial charge in [0.25, 0.3) is 0 Å². The van der Waals surface area contributed by atoms with Crippen molar-refractivity contribution in [3.05, 3.63) is 65.0 Å². The van der Waals surface area contributed by atoms with E-state index in [-0.39, 0.29) is 17.3 Å². The Morgan fingerprint density at radius 2 is 1.90 bits per heavy atom. The van der Waals surface area contributed by atoms with Gasteiger partial charge >= 0.3 is 0 Å². The van der Waals surface area contributed by atoms with E-state index in [1.165, 1.54) is 12.1 Å². The Hall–Kier alpha value is -1.76. The third-order valence-electron chi connectivity index (χ3n) is 3.47. The summed E-state index contributed by atoms with van der Waals surface area (Å²) in [7, 11) is -3.59. The molecule has 0 bridgehead atoms. The van der Waals surface area contributed by atoms with E-state index in [0.29, 0.717) is 12.1 Å². The molecule has 0 unspecified atom stereocenters. The van der Waals surface area contributed by atoms with Crippen LogP contribution in [0.4, 0.5) is 4.39 Å². The predicted octanol–water partition coefficient (Wildman–Crippen LogP) is 1.91. The molecule has 1 heterocycles. The molecule has 2 aromatic carbocycles. The maximum atomic E-state index is 13.1. The minimum atomic E-state index is -3.59. The summed E-state index contributed by atoms with van der Waals surface area (Å²) >= 11 is 0. The predicted molar refractivity (Wildman–Crippen MR) is 77.4 cm³/mol. The summed E-state index contributed by atoms with van der Waals surface area (Å²) in [5.41, 5.74) is 2.71. The molecule has 2 N–H and O–H groups in total. The van der Waals surface area contributed by atoms with Crippen LogP contribution >= 0.6 is 0 Å². The van der Waals surface area contributed by atoms with Gasteiger partial charge < -0.3 is 5.32 Å². The number of rotatable bonds is 4. The van der Waals surface area contributed by atoms with Crippen LogP contribution in [0.2, 0.25) is 0 Å². The fraction of sp³-hybridized carbons (Fsp3) is 0.200. The van der Waals surface area contributed by atoms with Gasteiger partial charge in [-0.2, -0.15) is 0 Å². The lowest BCUT2D eigenvalue weighted by atomic mass is 10.1. The Morgan fingerprint density at radius 3 is 2.71 bits per heavy atom. The smallest absolute Gasteiger partial charge is 0.240 e. The van der Waals surface area contributed by atoms with Crippen LogP contribution in [-0.4, -0.2) is 8.42 Å². The average molecular weight is 306 g/mol. The first-order valence-corrected chi connectivity index (χ1v) is 8.09. The minimum Gasteiger partial charge on any atom is -0.309 e. The maximum absolute atomic E-state index is 13.1. The highest BCUT2D eigenvalue weighted by atomic mass is 32.2. The van der Waals surface area contributed by atoms with Crippen molar-refractivity contribution >= 4 is 10.0 Å². The van der Waals surface area contributed by atoms with Crippen molar-refractivity contribution in [3.8, 4) is 0 Å². The second-order valence-electron chi connectivity index (χ2n) is 4.99. The quantitative estimate of drug-likeness (QED) is 0.907. The molecule has 6 heteroatoms. The average Bonchev–Trinajstić information content (AvgIpc) is 2.93. The van der Waals surface area contributed by atoms with E-state index in [0.717, 1.165) is 17.7 Å². The first kappa shape index (κ1) is 14.2. The Morgan fingerprint density at radius 1 is 1.10 bits per heavy atom. The van der Waals surface area contributed by atoms with Crippen LogP contribution in [0.1, 0.15) is 16.7 Å². The minimum absolute atomic E-state index is 0.0649. The molecule has 4 nitrogen and oxygen atoms in total. The number of hydrogen-bond acceptors (Lipinski definition) is 3. The summed E-state index contributed by atoms with van der Waals surface area (Å²) in [6.07, 6.45) is 0. The fourth-order valence-electron chi connectivity index (χ4n) is 2.35. The third kappa shape index (κ3) is 3.12. The first-order valence-electron chi connectivity index (χ1n) is 6.61. The lowest BCUT2D eigenvalue weighted by molar-refractivity contribution is 0.580. The SMILES string of the molecule is O=S(=O)(NCc1cccc(F)c1)c1ccc2c(c1)CNC2. The molecule has 0 saturated carbocycles. The highest BCUT2D eigenvalue weighted by Crippen LogP contribution is 2.20. The lowest BCUT2D eigenvalue weighted by Gasteiger charge is -2.08. The molecule has 0 spiro atoms. The topological polar surface area (TPSA) is 58.2 Å². The fourth-order valence-corrected chi connectivity index (χ4v) is 3.41. The molecule has 2 aromatic rings. The van der Waals surface area contributed by atoms with Crippen molar-refractivity contribution in [2.24, 2.45) is 0 Å². The van der Waals surface area contributed by atoms with Crippen molar-refractivity contribution in [2.45, 2.75) is 24.5 Å². The largest absolute Gasteiger partial charge is 0.309 e. The lowest BCUT2D eigenvalue weighted by Crippen LogP contribution is -2.23. The van der Waals surface area contributed by atoms with E-state index in [9.17, 15) is 12.8 Å². The Labute approximate surface area is 123 Å². The molecule has 1 aliphatic heterocycles. The van der Waals surface area contributed by atoms with Gasteiger partial charge in [0.15, 0.2) is 0 Å². The number of nitrogens with one attached hydrogen (secondary N) is 2. The van der Waals surface area contributed by atoms with Gasteiger partial charge in [0.05, 0.1) is 4.90 Å². The molecule has 21 heavy (non-hydrogen) atoms. The number of halogens is 1. The monoisotopic (exact) mass is 306 g/mol. The molecule has 0 fully saturated rings. The van der Waals surface area contributed by atoms with Gasteiger partial charge in [-0.1, -0.05) is 18.2 Å². The second-order valence-corrected chi connectivity index (χ2v) is 6.76. The Bertz CT molecular complexity index is 775. The summed E-state index contributed by atoms with van der Waals surface area (Å²) in [6, 6.07) is 11.0. The summed E-state index contributed by atoms with van der Waals surface area (Å²) in [5, 5.41) is 3.17. The zero-order chi connectivity index (χ0) is 14.9. The van der Waals surface area contributed by atoms with Gasteiger partial charge in [0.2, 0.25) is 10.0 Å². The van der Waals surface area contributed by atoms with Gasteiger partial charge in [-0.25, -0.2) is 17.5 Å². The Kier molecular flexibility index (Phi) is 3.75. The van der Waals surface area contributed by atoms with Crippen LogP contribution in [-0.2, 0) is 29.7 Å². The van der Waals surface area contributed by atoms with E-state index in [4.69, 9.17) is 0 Å². The number of fused-ring (bicyclic) bond motifs is 1. The normalized spacial score (nSPS) is 14.1. The van der Waals surface area contributed by atoms with Crippen LogP contribution in [0.5, 0.6) is 0 Å². The molecule has 3 rings (SSSR count). The summed E-state index contributed by atoms with van der Waals surface area (Å²) in [5.74, 6) is -0.379. The van der Waals surface area contributed by atoms with Crippen LogP contribution in [0.3, 0.4) is 0 Å². The molecule has 0 aliphatic carbocycles. The second kappa shape index (κ2) is 5.55. The number of hydrogen-bond donors (Lipinski definition) is 2. The van der Waals surface area contributed by atoms with E-state index in [1.807, 2.05) is 6.07 Å². The molecule has 0 aromatic heterocycles. The zero-order valence-corrected chi connectivity index (χ0v) is 12.1. The van der Waals surface area contributed by atoms with E-state index < -0.39 is 10.0 Å². The van der Waals surface area contributed by atoms with Crippen molar-refractivity contribution < 1.29 is 12.8 Å². The van der Waals surface area contributed by atoms with Crippen molar-refractivity contribution in [1.82, 2.24) is 10.0 Å². The standard InChI is InChI=1S/C15H15FN2O2S/c16-14-3-1-2-11(6-14)8-18-21(19,20)15-5-4-12-9-17-10-13(12)7-15/h1-7,17-18H,8-10H2. The summed E-state index contributed by atoms with van der Waals surface area (Å²) in [6.45, 7) is 1.52. The van der Waals surface area contributed by atoms with Gasteiger partial charge in [-0.15, -0.1) is 0 Å². The molecule has 0 radical (unpaired) electrons. The molecule has 110 valence electrons. The first-order chi connectivity index (χ1) is 10.0. The van der Waals surface area contributed by atoms with Gasteiger partial charge in [-0.3, -0.25) is 0 Å². The molecule has 0 saturated heterocycles. The van der Waals surface area contributed by atoms with Crippen LogP contribution in [0, 0.1) is 5.82 Å². The van der Waals surface area contributed by atoms with Gasteiger partial charge in [-0.05, 0) is 41.0 Å². The van der Waals surface area contributed by atoms with Crippen LogP contribution in [0.15, 0.2) is 47.4 Å².